The van der Waals surface area contributed by atoms with Crippen LogP contribution in [0.1, 0.15) is 45.6 Å². The molecule has 1 fully saturated rings. The Morgan fingerprint density at radius 2 is 1.88 bits per heavy atom. The van der Waals surface area contributed by atoms with Crippen LogP contribution in [0.4, 0.5) is 0 Å². The molecule has 2 rings (SSSR count). The third-order valence-corrected chi connectivity index (χ3v) is 4.19. The molecule has 0 spiro atoms. The zero-order chi connectivity index (χ0) is 17.9. The summed E-state index contributed by atoms with van der Waals surface area (Å²) in [7, 11) is 1.64. The van der Waals surface area contributed by atoms with E-state index in [0.717, 1.165) is 17.7 Å². The molecule has 1 saturated carbocycles. The Labute approximate surface area is 144 Å². The highest BCUT2D eigenvalue weighted by molar-refractivity contribution is 5.88. The lowest BCUT2D eigenvalue weighted by molar-refractivity contribution is -0.137. The standard InChI is InChI=1S/C19H28N2O3/c1-6-21(12-17(22)20-19(2,3)4)18(23)16-11-15(16)13-7-9-14(24-5)10-8-13/h7-10,15-16H,6,11-12H2,1-5H3,(H,20,22)/t15-,16-/m1/s1. The molecule has 24 heavy (non-hydrogen) atoms. The first-order valence-corrected chi connectivity index (χ1v) is 8.49. The smallest absolute Gasteiger partial charge is 0.240 e. The van der Waals surface area contributed by atoms with E-state index >= 15 is 0 Å². The van der Waals surface area contributed by atoms with Crippen LogP contribution in [0.2, 0.25) is 0 Å². The van der Waals surface area contributed by atoms with Gasteiger partial charge in [-0.1, -0.05) is 12.1 Å². The first-order valence-electron chi connectivity index (χ1n) is 8.49. The highest BCUT2D eigenvalue weighted by Crippen LogP contribution is 2.48. The Kier molecular flexibility index (Phi) is 5.52. The van der Waals surface area contributed by atoms with Gasteiger partial charge in [0.15, 0.2) is 0 Å². The van der Waals surface area contributed by atoms with Gasteiger partial charge in [0.05, 0.1) is 13.7 Å². The summed E-state index contributed by atoms with van der Waals surface area (Å²) < 4.78 is 5.16. The number of nitrogens with zero attached hydrogens (tertiary/aromatic N) is 1. The fourth-order valence-corrected chi connectivity index (χ4v) is 2.90. The number of carbonyl (C=O) groups excluding carboxylic acids is 2. The molecule has 0 heterocycles. The van der Waals surface area contributed by atoms with Gasteiger partial charge in [0.2, 0.25) is 11.8 Å². The van der Waals surface area contributed by atoms with E-state index in [0.29, 0.717) is 6.54 Å². The van der Waals surface area contributed by atoms with Crippen LogP contribution in [0.25, 0.3) is 0 Å². The summed E-state index contributed by atoms with van der Waals surface area (Å²) in [5.41, 5.74) is 0.870. The fraction of sp³-hybridized carbons (Fsp3) is 0.579. The lowest BCUT2D eigenvalue weighted by atomic mass is 10.1. The molecule has 0 saturated heterocycles. The first-order chi connectivity index (χ1) is 11.2. The molecule has 0 bridgehead atoms. The van der Waals surface area contributed by atoms with Crippen molar-refractivity contribution in [3.63, 3.8) is 0 Å². The van der Waals surface area contributed by atoms with Crippen LogP contribution in [-0.2, 0) is 9.59 Å². The normalized spacial score (nSPS) is 19.5. The minimum absolute atomic E-state index is 0.0132. The number of carbonyl (C=O) groups is 2. The number of amides is 2. The van der Waals surface area contributed by atoms with Crippen LogP contribution in [0, 0.1) is 5.92 Å². The molecule has 5 heteroatoms. The van der Waals surface area contributed by atoms with Crippen LogP contribution in [0.3, 0.4) is 0 Å². The second kappa shape index (κ2) is 7.24. The Morgan fingerprint density at radius 3 is 2.38 bits per heavy atom. The number of hydrogen-bond acceptors (Lipinski definition) is 3. The molecular weight excluding hydrogens is 304 g/mol. The highest BCUT2D eigenvalue weighted by Gasteiger charge is 2.45. The van der Waals surface area contributed by atoms with Crippen LogP contribution in [0.15, 0.2) is 24.3 Å². The average molecular weight is 332 g/mol. The molecule has 2 amide bonds. The van der Waals surface area contributed by atoms with Crippen molar-refractivity contribution < 1.29 is 14.3 Å². The van der Waals surface area contributed by atoms with Crippen molar-refractivity contribution in [2.75, 3.05) is 20.2 Å². The van der Waals surface area contributed by atoms with Gasteiger partial charge in [-0.25, -0.2) is 0 Å². The molecule has 2 atom stereocenters. The quantitative estimate of drug-likeness (QED) is 0.871. The van der Waals surface area contributed by atoms with Crippen LogP contribution in [-0.4, -0.2) is 42.5 Å². The third kappa shape index (κ3) is 4.73. The summed E-state index contributed by atoms with van der Waals surface area (Å²) in [4.78, 5) is 26.4. The topological polar surface area (TPSA) is 58.6 Å². The number of ether oxygens (including phenoxy) is 1. The summed E-state index contributed by atoms with van der Waals surface area (Å²) in [6.45, 7) is 8.38. The SMILES string of the molecule is CCN(CC(=O)NC(C)(C)C)C(=O)[C@@H]1C[C@@H]1c1ccc(OC)cc1. The van der Waals surface area contributed by atoms with E-state index in [9.17, 15) is 9.59 Å². The van der Waals surface area contributed by atoms with Crippen molar-refractivity contribution in [2.24, 2.45) is 5.92 Å². The van der Waals surface area contributed by atoms with Crippen LogP contribution >= 0.6 is 0 Å². The maximum Gasteiger partial charge on any atom is 0.240 e. The molecule has 132 valence electrons. The van der Waals surface area contributed by atoms with Gasteiger partial charge in [0.25, 0.3) is 0 Å². The Balaban J connectivity index is 1.93. The molecule has 5 nitrogen and oxygen atoms in total. The number of nitrogens with one attached hydrogen (secondary N) is 1. The number of likely N-dealkylation sites (N-methyl/N-ethyl adjacent to an activating group) is 1. The minimum atomic E-state index is -0.287. The van der Waals surface area contributed by atoms with E-state index in [1.54, 1.807) is 12.0 Å². The van der Waals surface area contributed by atoms with E-state index in [-0.39, 0.29) is 35.7 Å². The van der Waals surface area contributed by atoms with Gasteiger partial charge in [-0.05, 0) is 57.7 Å². The molecule has 1 aromatic rings. The Hall–Kier alpha value is -2.04. The number of methoxy groups -OCH3 is 1. The third-order valence-electron chi connectivity index (χ3n) is 4.19. The molecule has 1 aromatic carbocycles. The minimum Gasteiger partial charge on any atom is -0.497 e. The van der Waals surface area contributed by atoms with Gasteiger partial charge >= 0.3 is 0 Å². The summed E-state index contributed by atoms with van der Waals surface area (Å²) in [6, 6.07) is 7.87. The predicted octanol–water partition coefficient (Wildman–Crippen LogP) is 2.56. The second-order valence-corrected chi connectivity index (χ2v) is 7.37. The van der Waals surface area contributed by atoms with Crippen LogP contribution in [0.5, 0.6) is 5.75 Å². The molecule has 0 radical (unpaired) electrons. The Morgan fingerprint density at radius 1 is 1.25 bits per heavy atom. The number of benzene rings is 1. The lowest BCUT2D eigenvalue weighted by Gasteiger charge is -2.25. The van der Waals surface area contributed by atoms with Gasteiger partial charge in [-0.2, -0.15) is 0 Å². The van der Waals surface area contributed by atoms with Crippen molar-refractivity contribution >= 4 is 11.8 Å². The van der Waals surface area contributed by atoms with E-state index in [2.05, 4.69) is 5.32 Å². The zero-order valence-corrected chi connectivity index (χ0v) is 15.3. The summed E-state index contributed by atoms with van der Waals surface area (Å²) >= 11 is 0. The van der Waals surface area contributed by atoms with E-state index in [1.165, 1.54) is 0 Å². The van der Waals surface area contributed by atoms with Gasteiger partial charge in [0, 0.05) is 18.0 Å². The molecule has 0 aliphatic heterocycles. The first kappa shape index (κ1) is 18.3. The summed E-state index contributed by atoms with van der Waals surface area (Å²) in [5.74, 6) is 1.02. The number of rotatable bonds is 6. The van der Waals surface area contributed by atoms with Gasteiger partial charge in [0.1, 0.15) is 5.75 Å². The zero-order valence-electron chi connectivity index (χ0n) is 15.3. The molecule has 0 unspecified atom stereocenters. The maximum absolute atomic E-state index is 12.7. The number of hydrogen-bond donors (Lipinski definition) is 1. The molecule has 1 aliphatic carbocycles. The van der Waals surface area contributed by atoms with Crippen molar-refractivity contribution in [1.82, 2.24) is 10.2 Å². The highest BCUT2D eigenvalue weighted by atomic mass is 16.5. The van der Waals surface area contributed by atoms with Crippen molar-refractivity contribution in [1.29, 1.82) is 0 Å². The van der Waals surface area contributed by atoms with E-state index < -0.39 is 0 Å². The summed E-state index contributed by atoms with van der Waals surface area (Å²) in [6.07, 6.45) is 0.850. The Bertz CT molecular complexity index is 590. The molecule has 0 aromatic heterocycles. The monoisotopic (exact) mass is 332 g/mol. The molecular formula is C19H28N2O3. The average Bonchev–Trinajstić information content (AvgIpc) is 3.31. The van der Waals surface area contributed by atoms with Crippen molar-refractivity contribution in [3.8, 4) is 5.75 Å². The van der Waals surface area contributed by atoms with Crippen molar-refractivity contribution in [3.05, 3.63) is 29.8 Å². The van der Waals surface area contributed by atoms with Crippen molar-refractivity contribution in [2.45, 2.75) is 45.6 Å². The van der Waals surface area contributed by atoms with E-state index in [1.807, 2.05) is 52.0 Å². The van der Waals surface area contributed by atoms with Gasteiger partial charge < -0.3 is 15.0 Å². The summed E-state index contributed by atoms with van der Waals surface area (Å²) in [5, 5.41) is 2.91. The molecule has 1 N–H and O–H groups in total. The van der Waals surface area contributed by atoms with Gasteiger partial charge in [-0.3, -0.25) is 9.59 Å². The van der Waals surface area contributed by atoms with Gasteiger partial charge in [-0.15, -0.1) is 0 Å². The van der Waals surface area contributed by atoms with E-state index in [4.69, 9.17) is 4.74 Å². The molecule has 1 aliphatic rings. The predicted molar refractivity (Wildman–Crippen MR) is 94.0 cm³/mol. The fourth-order valence-electron chi connectivity index (χ4n) is 2.90. The second-order valence-electron chi connectivity index (χ2n) is 7.37. The van der Waals surface area contributed by atoms with Crippen LogP contribution < -0.4 is 10.1 Å². The lowest BCUT2D eigenvalue weighted by Crippen LogP contribution is -2.47. The largest absolute Gasteiger partial charge is 0.497 e. The maximum atomic E-state index is 12.7.